The number of nitrogens with one attached hydrogen (secondary N) is 1. The second-order valence-electron chi connectivity index (χ2n) is 5.51. The molecule has 0 unspecified atom stereocenters. The fourth-order valence-corrected chi connectivity index (χ4v) is 2.50. The molecule has 0 saturated carbocycles. The Labute approximate surface area is 141 Å². The molecule has 0 spiro atoms. The van der Waals surface area contributed by atoms with E-state index in [9.17, 15) is 9.59 Å². The Hall–Kier alpha value is -2.38. The van der Waals surface area contributed by atoms with Crippen molar-refractivity contribution in [1.82, 2.24) is 15.3 Å². The van der Waals surface area contributed by atoms with E-state index in [4.69, 9.17) is 9.94 Å². The number of benzene rings is 1. The third-order valence-corrected chi connectivity index (χ3v) is 3.82. The number of rotatable bonds is 5. The fourth-order valence-electron chi connectivity index (χ4n) is 2.50. The number of ether oxygens (including phenoxy) is 1. The zero-order chi connectivity index (χ0) is 17.4. The monoisotopic (exact) mass is 333 g/mol. The maximum Gasteiger partial charge on any atom is 0.409 e. The molecule has 7 nitrogen and oxygen atoms in total. The predicted octanol–water partition coefficient (Wildman–Crippen LogP) is 1.48. The number of hydrogen-bond donors (Lipinski definition) is 2. The number of carbonyl (C=O) groups is 2. The molecule has 1 aromatic carbocycles. The number of amides is 2. The molecule has 0 radical (unpaired) electrons. The number of hydrogen-bond acceptors (Lipinski definition) is 5. The number of nitrogens with zero attached hydrogens (tertiary/aromatic N) is 2. The summed E-state index contributed by atoms with van der Waals surface area (Å²) in [6.45, 7) is 6.01. The van der Waals surface area contributed by atoms with Crippen LogP contribution in [-0.2, 0) is 16.1 Å². The highest BCUT2D eigenvalue weighted by molar-refractivity contribution is 5.90. The normalized spacial score (nSPS) is 15.5. The van der Waals surface area contributed by atoms with Gasteiger partial charge in [-0.15, -0.1) is 0 Å². The van der Waals surface area contributed by atoms with Crippen LogP contribution >= 0.6 is 0 Å². The first-order valence-electron chi connectivity index (χ1n) is 7.97. The molecule has 1 heterocycles. The Morgan fingerprint density at radius 2 is 1.88 bits per heavy atom. The van der Waals surface area contributed by atoms with Crippen molar-refractivity contribution >= 4 is 18.1 Å². The van der Waals surface area contributed by atoms with E-state index in [0.29, 0.717) is 19.7 Å². The van der Waals surface area contributed by atoms with Gasteiger partial charge in [-0.1, -0.05) is 24.3 Å². The van der Waals surface area contributed by atoms with Gasteiger partial charge in [-0.3, -0.25) is 14.9 Å². The van der Waals surface area contributed by atoms with Crippen LogP contribution in [-0.4, -0.2) is 59.8 Å². The summed E-state index contributed by atoms with van der Waals surface area (Å²) in [6.07, 6.45) is 2.66. The second kappa shape index (κ2) is 9.05. The first-order valence-corrected chi connectivity index (χ1v) is 7.97. The molecule has 0 aliphatic carbocycles. The molecule has 1 fully saturated rings. The summed E-state index contributed by atoms with van der Waals surface area (Å²) in [5.41, 5.74) is 3.60. The van der Waals surface area contributed by atoms with Crippen LogP contribution in [0.3, 0.4) is 0 Å². The summed E-state index contributed by atoms with van der Waals surface area (Å²) in [5, 5.41) is 8.43. The Morgan fingerprint density at radius 3 is 2.46 bits per heavy atom. The van der Waals surface area contributed by atoms with Crippen LogP contribution in [0, 0.1) is 0 Å². The lowest BCUT2D eigenvalue weighted by atomic mass is 10.1. The van der Waals surface area contributed by atoms with Gasteiger partial charge in [0.05, 0.1) is 6.61 Å². The van der Waals surface area contributed by atoms with Gasteiger partial charge in [0.1, 0.15) is 0 Å². The third kappa shape index (κ3) is 5.36. The minimum atomic E-state index is -0.557. The average Bonchev–Trinajstić information content (AvgIpc) is 2.61. The van der Waals surface area contributed by atoms with Gasteiger partial charge in [0.25, 0.3) is 5.91 Å². The molecule has 130 valence electrons. The Morgan fingerprint density at radius 1 is 1.21 bits per heavy atom. The number of carbonyl (C=O) groups excluding carboxylic acids is 2. The van der Waals surface area contributed by atoms with Gasteiger partial charge in [0.2, 0.25) is 0 Å². The Balaban J connectivity index is 1.81. The summed E-state index contributed by atoms with van der Waals surface area (Å²) < 4.78 is 5.01. The highest BCUT2D eigenvalue weighted by Crippen LogP contribution is 2.11. The first kappa shape index (κ1) is 18.0. The maximum atomic E-state index is 11.7. The van der Waals surface area contributed by atoms with Crippen LogP contribution in [0.1, 0.15) is 18.1 Å². The first-order chi connectivity index (χ1) is 11.6. The number of hydroxylamine groups is 1. The van der Waals surface area contributed by atoms with Gasteiger partial charge in [-0.2, -0.15) is 0 Å². The molecule has 2 N–H and O–H groups in total. The molecular weight excluding hydrogens is 310 g/mol. The smallest absolute Gasteiger partial charge is 0.409 e. The van der Waals surface area contributed by atoms with E-state index < -0.39 is 5.91 Å². The SMILES string of the molecule is CCOC(=O)N1CCN(Cc2ccc(/C=C/C(=O)NO)cc2)CC1. The van der Waals surface area contributed by atoms with Crippen molar-refractivity contribution in [2.24, 2.45) is 0 Å². The molecule has 0 atom stereocenters. The van der Waals surface area contributed by atoms with Gasteiger partial charge in [0.15, 0.2) is 0 Å². The lowest BCUT2D eigenvalue weighted by Gasteiger charge is -2.34. The molecule has 7 heteroatoms. The van der Waals surface area contributed by atoms with E-state index in [0.717, 1.165) is 25.2 Å². The third-order valence-electron chi connectivity index (χ3n) is 3.82. The van der Waals surface area contributed by atoms with Gasteiger partial charge in [0, 0.05) is 38.8 Å². The zero-order valence-corrected chi connectivity index (χ0v) is 13.8. The van der Waals surface area contributed by atoms with Crippen LogP contribution < -0.4 is 5.48 Å². The molecule has 0 bridgehead atoms. The van der Waals surface area contributed by atoms with Crippen LogP contribution in [0.25, 0.3) is 6.08 Å². The molecule has 1 aromatic rings. The summed E-state index contributed by atoms with van der Waals surface area (Å²) in [4.78, 5) is 26.6. The van der Waals surface area contributed by atoms with E-state index in [-0.39, 0.29) is 6.09 Å². The molecule has 0 aromatic heterocycles. The fraction of sp³-hybridized carbons (Fsp3) is 0.412. The minimum absolute atomic E-state index is 0.236. The van der Waals surface area contributed by atoms with E-state index in [1.165, 1.54) is 11.6 Å². The van der Waals surface area contributed by atoms with E-state index in [1.807, 2.05) is 31.2 Å². The van der Waals surface area contributed by atoms with Crippen molar-refractivity contribution in [2.75, 3.05) is 32.8 Å². The van der Waals surface area contributed by atoms with Crippen molar-refractivity contribution in [3.63, 3.8) is 0 Å². The largest absolute Gasteiger partial charge is 0.450 e. The highest BCUT2D eigenvalue weighted by atomic mass is 16.6. The highest BCUT2D eigenvalue weighted by Gasteiger charge is 2.21. The lowest BCUT2D eigenvalue weighted by molar-refractivity contribution is -0.124. The van der Waals surface area contributed by atoms with Crippen molar-refractivity contribution in [2.45, 2.75) is 13.5 Å². The maximum absolute atomic E-state index is 11.7. The van der Waals surface area contributed by atoms with Crippen LogP contribution in [0.15, 0.2) is 30.3 Å². The average molecular weight is 333 g/mol. The number of piperazine rings is 1. The summed E-state index contributed by atoms with van der Waals surface area (Å²) in [7, 11) is 0. The lowest BCUT2D eigenvalue weighted by Crippen LogP contribution is -2.48. The van der Waals surface area contributed by atoms with Crippen LogP contribution in [0.2, 0.25) is 0 Å². The molecular formula is C17H23N3O4. The van der Waals surface area contributed by atoms with E-state index in [1.54, 1.807) is 16.5 Å². The second-order valence-corrected chi connectivity index (χ2v) is 5.51. The molecule has 1 aliphatic heterocycles. The van der Waals surface area contributed by atoms with Crippen molar-refractivity contribution in [3.05, 3.63) is 41.5 Å². The predicted molar refractivity (Wildman–Crippen MR) is 89.3 cm³/mol. The van der Waals surface area contributed by atoms with Crippen molar-refractivity contribution in [3.8, 4) is 0 Å². The molecule has 1 saturated heterocycles. The van der Waals surface area contributed by atoms with Gasteiger partial charge >= 0.3 is 6.09 Å². The zero-order valence-electron chi connectivity index (χ0n) is 13.8. The molecule has 2 rings (SSSR count). The van der Waals surface area contributed by atoms with Crippen LogP contribution in [0.4, 0.5) is 4.79 Å². The molecule has 2 amide bonds. The Bertz CT molecular complexity index is 578. The standard InChI is InChI=1S/C17H23N3O4/c1-2-24-17(22)20-11-9-19(10-12-20)13-15-5-3-14(4-6-15)7-8-16(21)18-23/h3-8,23H,2,9-13H2,1H3,(H,18,21)/b8-7+. The minimum Gasteiger partial charge on any atom is -0.450 e. The summed E-state index contributed by atoms with van der Waals surface area (Å²) in [5.74, 6) is -0.557. The molecule has 1 aliphatic rings. The molecule has 24 heavy (non-hydrogen) atoms. The van der Waals surface area contributed by atoms with E-state index >= 15 is 0 Å². The summed E-state index contributed by atoms with van der Waals surface area (Å²) >= 11 is 0. The topological polar surface area (TPSA) is 82.1 Å². The van der Waals surface area contributed by atoms with Gasteiger partial charge < -0.3 is 9.64 Å². The van der Waals surface area contributed by atoms with Gasteiger partial charge in [-0.05, 0) is 24.1 Å². The van der Waals surface area contributed by atoms with E-state index in [2.05, 4.69) is 4.90 Å². The van der Waals surface area contributed by atoms with Gasteiger partial charge in [-0.25, -0.2) is 10.3 Å². The quantitative estimate of drug-likeness (QED) is 0.484. The Kier molecular flexibility index (Phi) is 6.77. The van der Waals surface area contributed by atoms with Crippen molar-refractivity contribution in [1.29, 1.82) is 0 Å². The van der Waals surface area contributed by atoms with Crippen molar-refractivity contribution < 1.29 is 19.5 Å². The summed E-state index contributed by atoms with van der Waals surface area (Å²) in [6, 6.07) is 7.86. The van der Waals surface area contributed by atoms with Crippen LogP contribution in [0.5, 0.6) is 0 Å².